The number of aliphatic hydroxyl groups excluding tert-OH is 1. The van der Waals surface area contributed by atoms with Crippen molar-refractivity contribution in [1.82, 2.24) is 0 Å². The molecule has 0 aliphatic rings. The summed E-state index contributed by atoms with van der Waals surface area (Å²) in [5.41, 5.74) is 4.49. The summed E-state index contributed by atoms with van der Waals surface area (Å²) >= 11 is 0. The maximum Gasteiger partial charge on any atom is 0.466 e. The molecular weight excluding hydrogens is 487 g/mol. The third-order valence-electron chi connectivity index (χ3n) is 5.31. The van der Waals surface area contributed by atoms with Crippen LogP contribution in [0.15, 0.2) is 12.1 Å². The highest BCUT2D eigenvalue weighted by Gasteiger charge is 2.14. The molecule has 0 radical (unpaired) electrons. The number of benzene rings is 1. The summed E-state index contributed by atoms with van der Waals surface area (Å²) in [6, 6.07) is 4.47. The maximum absolute atomic E-state index is 8.88. The van der Waals surface area contributed by atoms with Gasteiger partial charge >= 0.3 is 7.82 Å². The first kappa shape index (κ1) is 35.0. The molecule has 0 aromatic heterocycles. The number of unbranched alkanes of at least 4 members (excludes halogenated alkanes) is 3. The Morgan fingerprint density at radius 3 is 1.61 bits per heavy atom. The van der Waals surface area contributed by atoms with Crippen molar-refractivity contribution in [3.8, 4) is 5.75 Å². The fourth-order valence-electron chi connectivity index (χ4n) is 3.57. The number of ether oxygens (including phenoxy) is 4. The molecule has 0 amide bonds. The quantitative estimate of drug-likeness (QED) is 0.135. The Labute approximate surface area is 217 Å². The third-order valence-corrected chi connectivity index (χ3v) is 5.31. The Morgan fingerprint density at radius 1 is 0.667 bits per heavy atom. The molecule has 0 heterocycles. The molecule has 1 rings (SSSR count). The van der Waals surface area contributed by atoms with E-state index in [9.17, 15) is 0 Å². The molecule has 1 aromatic rings. The van der Waals surface area contributed by atoms with Gasteiger partial charge in [0, 0.05) is 0 Å². The predicted molar refractivity (Wildman–Crippen MR) is 142 cm³/mol. The first-order chi connectivity index (χ1) is 17.3. The molecule has 0 unspecified atom stereocenters. The average molecular weight is 537 g/mol. The van der Waals surface area contributed by atoms with Crippen molar-refractivity contribution in [2.24, 2.45) is 0 Å². The van der Waals surface area contributed by atoms with Crippen molar-refractivity contribution in [3.63, 3.8) is 0 Å². The lowest BCUT2D eigenvalue weighted by molar-refractivity contribution is 0.00357. The van der Waals surface area contributed by atoms with Crippen LogP contribution in [-0.4, -0.2) is 72.6 Å². The summed E-state index contributed by atoms with van der Waals surface area (Å²) in [5.74, 6) is 1.04. The van der Waals surface area contributed by atoms with Gasteiger partial charge in [-0.15, -0.1) is 0 Å². The van der Waals surface area contributed by atoms with Crippen molar-refractivity contribution in [2.75, 3.05) is 52.9 Å². The van der Waals surface area contributed by atoms with Crippen molar-refractivity contribution >= 4 is 7.82 Å². The average Bonchev–Trinajstić information content (AvgIpc) is 2.83. The van der Waals surface area contributed by atoms with Gasteiger partial charge in [0.2, 0.25) is 0 Å². The van der Waals surface area contributed by atoms with E-state index in [1.165, 1.54) is 56.1 Å². The van der Waals surface area contributed by atoms with Crippen LogP contribution in [0.4, 0.5) is 0 Å². The molecule has 0 aliphatic carbocycles. The number of hydrogen-bond acceptors (Lipinski definition) is 6. The second-order valence-corrected chi connectivity index (χ2v) is 9.44. The maximum atomic E-state index is 8.88. The lowest BCUT2D eigenvalue weighted by Crippen LogP contribution is -2.14. The van der Waals surface area contributed by atoms with Crippen molar-refractivity contribution < 1.29 is 43.3 Å². The summed E-state index contributed by atoms with van der Waals surface area (Å²) in [7, 11) is -4.64. The molecule has 36 heavy (non-hydrogen) atoms. The number of aliphatic hydroxyl groups is 1. The molecule has 0 spiro atoms. The molecule has 0 saturated heterocycles. The number of aryl methyl sites for hydroxylation is 1. The van der Waals surface area contributed by atoms with Crippen LogP contribution in [0.3, 0.4) is 0 Å². The first-order valence-corrected chi connectivity index (χ1v) is 14.7. The lowest BCUT2D eigenvalue weighted by Gasteiger charge is -2.19. The van der Waals surface area contributed by atoms with E-state index < -0.39 is 7.82 Å². The molecule has 10 heteroatoms. The summed E-state index contributed by atoms with van der Waals surface area (Å²) in [5, 5.41) is 8.63. The Hall–Kier alpha value is -1.03. The van der Waals surface area contributed by atoms with Crippen LogP contribution in [0.2, 0.25) is 0 Å². The van der Waals surface area contributed by atoms with Gasteiger partial charge in [-0.1, -0.05) is 46.1 Å². The second kappa shape index (κ2) is 23.1. The Kier molecular flexibility index (Phi) is 22.5. The van der Waals surface area contributed by atoms with Crippen LogP contribution in [-0.2, 0) is 38.0 Å². The van der Waals surface area contributed by atoms with Crippen molar-refractivity contribution in [3.05, 3.63) is 28.8 Å². The predicted octanol–water partition coefficient (Wildman–Crippen LogP) is 4.21. The largest absolute Gasteiger partial charge is 0.491 e. The molecule has 0 atom stereocenters. The molecular formula is C26H49O9P. The van der Waals surface area contributed by atoms with E-state index in [1.54, 1.807) is 5.56 Å². The second-order valence-electron chi connectivity index (χ2n) is 8.41. The highest BCUT2D eigenvalue weighted by molar-refractivity contribution is 7.45. The SMILES string of the molecule is CCCCc1ccc(OCCOCCOCCOCCO)c(CCCC)c1CCCC.O=P(O)(O)O. The zero-order chi connectivity index (χ0) is 27.1. The normalized spacial score (nSPS) is 11.3. The van der Waals surface area contributed by atoms with Gasteiger partial charge in [-0.2, -0.15) is 0 Å². The summed E-state index contributed by atoms with van der Waals surface area (Å²) in [6.07, 6.45) is 10.7. The molecule has 9 nitrogen and oxygen atoms in total. The van der Waals surface area contributed by atoms with E-state index in [-0.39, 0.29) is 6.61 Å². The molecule has 0 saturated carbocycles. The van der Waals surface area contributed by atoms with E-state index in [0.29, 0.717) is 46.2 Å². The lowest BCUT2D eigenvalue weighted by atomic mass is 9.90. The Balaban J connectivity index is 0.00000222. The third kappa shape index (κ3) is 20.1. The molecule has 0 aliphatic heterocycles. The van der Waals surface area contributed by atoms with Gasteiger partial charge in [-0.05, 0) is 61.3 Å². The van der Waals surface area contributed by atoms with E-state index in [1.807, 2.05) is 0 Å². The van der Waals surface area contributed by atoms with Gasteiger partial charge < -0.3 is 38.7 Å². The summed E-state index contributed by atoms with van der Waals surface area (Å²) in [6.45, 7) is 10.4. The molecule has 4 N–H and O–H groups in total. The van der Waals surface area contributed by atoms with E-state index in [4.69, 9.17) is 43.3 Å². The number of rotatable bonds is 21. The first-order valence-electron chi connectivity index (χ1n) is 13.2. The van der Waals surface area contributed by atoms with Crippen molar-refractivity contribution in [1.29, 1.82) is 0 Å². The monoisotopic (exact) mass is 536 g/mol. The van der Waals surface area contributed by atoms with Crippen LogP contribution in [0.25, 0.3) is 0 Å². The minimum atomic E-state index is -4.64. The Morgan fingerprint density at radius 2 is 1.11 bits per heavy atom. The molecule has 0 fully saturated rings. The standard InChI is InChI=1S/C26H46O5.H3O4P/c1-4-7-10-23-13-14-26(25(12-9-6-3)24(23)11-8-5-2)31-22-21-30-20-19-29-18-17-28-16-15-27;1-5(2,3)4/h13-14,27H,4-12,15-22H2,1-3H3;(H3,1,2,3,4). The minimum Gasteiger partial charge on any atom is -0.491 e. The van der Waals surface area contributed by atoms with E-state index in [2.05, 4.69) is 32.9 Å². The summed E-state index contributed by atoms with van der Waals surface area (Å²) < 4.78 is 31.3. The van der Waals surface area contributed by atoms with Gasteiger partial charge in [-0.3, -0.25) is 0 Å². The molecule has 1 aromatic carbocycles. The van der Waals surface area contributed by atoms with Crippen LogP contribution >= 0.6 is 7.82 Å². The van der Waals surface area contributed by atoms with Crippen LogP contribution in [0, 0.1) is 0 Å². The number of hydrogen-bond donors (Lipinski definition) is 4. The van der Waals surface area contributed by atoms with Gasteiger partial charge in [0.05, 0.1) is 46.2 Å². The highest BCUT2D eigenvalue weighted by atomic mass is 31.2. The fraction of sp³-hybridized carbons (Fsp3) is 0.769. The van der Waals surface area contributed by atoms with Gasteiger partial charge in [0.25, 0.3) is 0 Å². The van der Waals surface area contributed by atoms with Crippen LogP contribution in [0.5, 0.6) is 5.75 Å². The van der Waals surface area contributed by atoms with Gasteiger partial charge in [-0.25, -0.2) is 4.57 Å². The fourth-order valence-corrected chi connectivity index (χ4v) is 3.57. The number of phosphoric acid groups is 1. The smallest absolute Gasteiger partial charge is 0.466 e. The topological polar surface area (TPSA) is 135 Å². The van der Waals surface area contributed by atoms with Gasteiger partial charge in [0.15, 0.2) is 0 Å². The Bertz CT molecular complexity index is 686. The van der Waals surface area contributed by atoms with E-state index >= 15 is 0 Å². The van der Waals surface area contributed by atoms with Crippen LogP contribution < -0.4 is 4.74 Å². The van der Waals surface area contributed by atoms with E-state index in [0.717, 1.165) is 18.6 Å². The van der Waals surface area contributed by atoms with Gasteiger partial charge in [0.1, 0.15) is 12.4 Å². The molecule has 212 valence electrons. The summed E-state index contributed by atoms with van der Waals surface area (Å²) in [4.78, 5) is 21.6. The zero-order valence-corrected chi connectivity index (χ0v) is 23.3. The molecule has 0 bridgehead atoms. The van der Waals surface area contributed by atoms with Crippen molar-refractivity contribution in [2.45, 2.75) is 78.6 Å². The highest BCUT2D eigenvalue weighted by Crippen LogP contribution is 2.30. The zero-order valence-electron chi connectivity index (χ0n) is 22.5. The van der Waals surface area contributed by atoms with Crippen LogP contribution in [0.1, 0.15) is 76.0 Å². The minimum absolute atomic E-state index is 0.0465.